The van der Waals surface area contributed by atoms with Crippen LogP contribution in [0.15, 0.2) is 12.3 Å². The van der Waals surface area contributed by atoms with Crippen LogP contribution in [0, 0.1) is 11.8 Å². The van der Waals surface area contributed by atoms with Crippen molar-refractivity contribution in [1.82, 2.24) is 0 Å². The highest BCUT2D eigenvalue weighted by Crippen LogP contribution is 2.32. The molecule has 0 aromatic rings. The lowest BCUT2D eigenvalue weighted by Gasteiger charge is -2.20. The van der Waals surface area contributed by atoms with Gasteiger partial charge in [-0.2, -0.15) is 13.2 Å². The molecule has 0 aromatic carbocycles. The minimum absolute atomic E-state index is 0.0240. The van der Waals surface area contributed by atoms with Gasteiger partial charge >= 0.3 is 6.18 Å². The van der Waals surface area contributed by atoms with Crippen molar-refractivity contribution in [1.29, 1.82) is 0 Å². The SMILES string of the molecule is C=C(OC)C(C)CC(C)C(F)(F)F. The van der Waals surface area contributed by atoms with E-state index in [1.807, 2.05) is 0 Å². The Bertz CT molecular complexity index is 174. The summed E-state index contributed by atoms with van der Waals surface area (Å²) in [4.78, 5) is 0. The fourth-order valence-electron chi connectivity index (χ4n) is 0.997. The number of allylic oxidation sites excluding steroid dienone is 1. The highest BCUT2D eigenvalue weighted by atomic mass is 19.4. The standard InChI is InChI=1S/C9H15F3O/c1-6(8(3)13-4)5-7(2)9(10,11)12/h6-7H,3,5H2,1-2,4H3. The monoisotopic (exact) mass is 196 g/mol. The number of ether oxygens (including phenoxy) is 1. The molecule has 0 saturated carbocycles. The van der Waals surface area contributed by atoms with E-state index in [-0.39, 0.29) is 12.3 Å². The van der Waals surface area contributed by atoms with Gasteiger partial charge in [0.05, 0.1) is 18.8 Å². The van der Waals surface area contributed by atoms with Crippen molar-refractivity contribution in [3.05, 3.63) is 12.3 Å². The van der Waals surface area contributed by atoms with Gasteiger partial charge in [-0.1, -0.05) is 20.4 Å². The number of methoxy groups -OCH3 is 1. The van der Waals surface area contributed by atoms with E-state index in [1.165, 1.54) is 14.0 Å². The van der Waals surface area contributed by atoms with Crippen molar-refractivity contribution < 1.29 is 17.9 Å². The molecule has 0 aliphatic carbocycles. The summed E-state index contributed by atoms with van der Waals surface area (Å²) < 4.78 is 41.1. The van der Waals surface area contributed by atoms with Gasteiger partial charge in [-0.25, -0.2) is 0 Å². The first-order valence-corrected chi connectivity index (χ1v) is 4.08. The number of alkyl halides is 3. The van der Waals surface area contributed by atoms with Crippen molar-refractivity contribution in [3.8, 4) is 0 Å². The van der Waals surface area contributed by atoms with Gasteiger partial charge in [-0.3, -0.25) is 0 Å². The zero-order valence-corrected chi connectivity index (χ0v) is 8.11. The molecule has 4 heteroatoms. The van der Waals surface area contributed by atoms with Crippen LogP contribution in [-0.4, -0.2) is 13.3 Å². The molecule has 0 heterocycles. The summed E-state index contributed by atoms with van der Waals surface area (Å²) in [5.74, 6) is -1.17. The molecule has 0 fully saturated rings. The Morgan fingerprint density at radius 1 is 1.38 bits per heavy atom. The lowest BCUT2D eigenvalue weighted by molar-refractivity contribution is -0.173. The van der Waals surface area contributed by atoms with Gasteiger partial charge < -0.3 is 4.74 Å². The van der Waals surface area contributed by atoms with E-state index in [4.69, 9.17) is 4.74 Å². The molecule has 0 radical (unpaired) electrons. The van der Waals surface area contributed by atoms with Gasteiger partial charge in [0.25, 0.3) is 0 Å². The zero-order chi connectivity index (χ0) is 10.6. The summed E-state index contributed by atoms with van der Waals surface area (Å²) in [5.41, 5.74) is 0. The zero-order valence-electron chi connectivity index (χ0n) is 8.11. The summed E-state index contributed by atoms with van der Waals surface area (Å²) >= 11 is 0. The van der Waals surface area contributed by atoms with Crippen molar-refractivity contribution in [2.45, 2.75) is 26.4 Å². The average Bonchev–Trinajstić information content (AvgIpc) is 2.01. The third-order valence-electron chi connectivity index (χ3n) is 2.08. The number of hydrogen-bond acceptors (Lipinski definition) is 1. The fourth-order valence-corrected chi connectivity index (χ4v) is 0.997. The van der Waals surface area contributed by atoms with Crippen molar-refractivity contribution >= 4 is 0 Å². The molecule has 0 N–H and O–H groups in total. The van der Waals surface area contributed by atoms with Crippen LogP contribution in [0.5, 0.6) is 0 Å². The van der Waals surface area contributed by atoms with Crippen LogP contribution in [0.1, 0.15) is 20.3 Å². The molecule has 2 unspecified atom stereocenters. The van der Waals surface area contributed by atoms with Crippen LogP contribution < -0.4 is 0 Å². The Morgan fingerprint density at radius 3 is 2.15 bits per heavy atom. The minimum Gasteiger partial charge on any atom is -0.501 e. The molecule has 0 aliphatic heterocycles. The quantitative estimate of drug-likeness (QED) is 0.626. The minimum atomic E-state index is -4.12. The molecule has 0 saturated heterocycles. The van der Waals surface area contributed by atoms with Crippen molar-refractivity contribution in [2.24, 2.45) is 11.8 Å². The first kappa shape index (κ1) is 12.3. The molecular formula is C9H15F3O. The van der Waals surface area contributed by atoms with E-state index in [0.717, 1.165) is 0 Å². The van der Waals surface area contributed by atoms with Crippen LogP contribution in [0.2, 0.25) is 0 Å². The fraction of sp³-hybridized carbons (Fsp3) is 0.778. The van der Waals surface area contributed by atoms with Gasteiger partial charge in [0, 0.05) is 5.92 Å². The van der Waals surface area contributed by atoms with Crippen LogP contribution in [0.3, 0.4) is 0 Å². The highest BCUT2D eigenvalue weighted by molar-refractivity contribution is 4.89. The topological polar surface area (TPSA) is 9.23 Å². The molecule has 0 amide bonds. The summed E-state index contributed by atoms with van der Waals surface area (Å²) in [6.07, 6.45) is -4.10. The molecule has 0 spiro atoms. The summed E-state index contributed by atoms with van der Waals surface area (Å²) in [6.45, 7) is 6.36. The van der Waals surface area contributed by atoms with Crippen LogP contribution in [0.25, 0.3) is 0 Å². The van der Waals surface area contributed by atoms with E-state index < -0.39 is 12.1 Å². The Hall–Kier alpha value is -0.670. The van der Waals surface area contributed by atoms with E-state index >= 15 is 0 Å². The lowest BCUT2D eigenvalue weighted by atomic mass is 9.96. The molecule has 78 valence electrons. The lowest BCUT2D eigenvalue weighted by Crippen LogP contribution is -2.22. The van der Waals surface area contributed by atoms with Gasteiger partial charge in [0.1, 0.15) is 0 Å². The predicted octanol–water partition coefficient (Wildman–Crippen LogP) is 3.37. The maximum Gasteiger partial charge on any atom is 0.391 e. The van der Waals surface area contributed by atoms with Crippen LogP contribution in [0.4, 0.5) is 13.2 Å². The van der Waals surface area contributed by atoms with Crippen molar-refractivity contribution in [3.63, 3.8) is 0 Å². The Balaban J connectivity index is 4.06. The van der Waals surface area contributed by atoms with Gasteiger partial charge in [-0.15, -0.1) is 0 Å². The predicted molar refractivity (Wildman–Crippen MR) is 45.1 cm³/mol. The molecule has 0 rings (SSSR count). The molecule has 0 aliphatic rings. The van der Waals surface area contributed by atoms with Crippen molar-refractivity contribution in [2.75, 3.05) is 7.11 Å². The second kappa shape index (κ2) is 4.53. The Morgan fingerprint density at radius 2 is 1.85 bits per heavy atom. The molecule has 0 bridgehead atoms. The summed E-state index contributed by atoms with van der Waals surface area (Å²) in [7, 11) is 1.41. The smallest absolute Gasteiger partial charge is 0.391 e. The highest BCUT2D eigenvalue weighted by Gasteiger charge is 2.36. The second-order valence-electron chi connectivity index (χ2n) is 3.25. The molecule has 2 atom stereocenters. The van der Waals surface area contributed by atoms with Crippen LogP contribution >= 0.6 is 0 Å². The summed E-state index contributed by atoms with van der Waals surface area (Å²) in [6, 6.07) is 0. The number of hydrogen-bond donors (Lipinski definition) is 0. The van der Waals surface area contributed by atoms with Gasteiger partial charge in [-0.05, 0) is 6.42 Å². The van der Waals surface area contributed by atoms with E-state index in [1.54, 1.807) is 6.92 Å². The van der Waals surface area contributed by atoms with Crippen LogP contribution in [-0.2, 0) is 4.74 Å². The van der Waals surface area contributed by atoms with E-state index in [2.05, 4.69) is 6.58 Å². The Kier molecular flexibility index (Phi) is 4.30. The molecular weight excluding hydrogens is 181 g/mol. The number of halogens is 3. The largest absolute Gasteiger partial charge is 0.501 e. The summed E-state index contributed by atoms with van der Waals surface area (Å²) in [5, 5.41) is 0. The maximum atomic E-state index is 12.1. The molecule has 1 nitrogen and oxygen atoms in total. The van der Waals surface area contributed by atoms with Gasteiger partial charge in [0.2, 0.25) is 0 Å². The van der Waals surface area contributed by atoms with E-state index in [9.17, 15) is 13.2 Å². The average molecular weight is 196 g/mol. The Labute approximate surface area is 76.6 Å². The second-order valence-corrected chi connectivity index (χ2v) is 3.25. The van der Waals surface area contributed by atoms with E-state index in [0.29, 0.717) is 5.76 Å². The number of rotatable bonds is 4. The molecule has 0 aromatic heterocycles. The van der Waals surface area contributed by atoms with Gasteiger partial charge in [0.15, 0.2) is 0 Å². The first-order valence-electron chi connectivity index (χ1n) is 4.08. The third-order valence-corrected chi connectivity index (χ3v) is 2.08. The molecule has 13 heavy (non-hydrogen) atoms. The maximum absolute atomic E-state index is 12.1. The first-order chi connectivity index (χ1) is 5.79. The third kappa shape index (κ3) is 4.20. The normalized spacial score (nSPS) is 16.5.